The van der Waals surface area contributed by atoms with Crippen LogP contribution in [0.1, 0.15) is 35.2 Å². The lowest BCUT2D eigenvalue weighted by molar-refractivity contribution is -0.704. The van der Waals surface area contributed by atoms with E-state index in [0.717, 1.165) is 27.9 Å². The molecule has 1 atom stereocenters. The highest BCUT2D eigenvalue weighted by molar-refractivity contribution is 5.96. The zero-order valence-corrected chi connectivity index (χ0v) is 18.3. The maximum atomic E-state index is 12.7. The number of amides is 2. The van der Waals surface area contributed by atoms with Crippen LogP contribution in [0.25, 0.3) is 0 Å². The lowest BCUT2D eigenvalue weighted by Crippen LogP contribution is -2.92. The van der Waals surface area contributed by atoms with Crippen LogP contribution < -0.4 is 16.0 Å². The Morgan fingerprint density at radius 3 is 1.84 bits per heavy atom. The van der Waals surface area contributed by atoms with Gasteiger partial charge < -0.3 is 16.0 Å². The number of quaternary nitrogens is 1. The van der Waals surface area contributed by atoms with Crippen molar-refractivity contribution in [3.05, 3.63) is 101 Å². The van der Waals surface area contributed by atoms with Crippen LogP contribution >= 0.6 is 0 Å². The Morgan fingerprint density at radius 1 is 0.806 bits per heavy atom. The molecule has 3 rings (SSSR count). The molecule has 5 heteroatoms. The molecule has 4 N–H and O–H groups in total. The minimum atomic E-state index is -0.363. The molecule has 0 heterocycles. The molecular formula is C26H30N3O2+. The maximum absolute atomic E-state index is 12.7. The lowest BCUT2D eigenvalue weighted by atomic mass is 9.98. The summed E-state index contributed by atoms with van der Waals surface area (Å²) in [5.41, 5.74) is 5.04. The molecule has 31 heavy (non-hydrogen) atoms. The molecule has 0 radical (unpaired) electrons. The summed E-state index contributed by atoms with van der Waals surface area (Å²) in [4.78, 5) is 25.1. The SMILES string of the molecule is Cc1cccc(C)c1NC(=O)CNC(=O)[C@@H](C)[NH2+]C(c1ccccc1)c1ccccc1. The van der Waals surface area contributed by atoms with Gasteiger partial charge in [0.25, 0.3) is 5.91 Å². The second-order valence-corrected chi connectivity index (χ2v) is 7.81. The number of nitrogens with two attached hydrogens (primary N) is 1. The van der Waals surface area contributed by atoms with Gasteiger partial charge in [-0.15, -0.1) is 0 Å². The number of hydrogen-bond acceptors (Lipinski definition) is 2. The van der Waals surface area contributed by atoms with E-state index in [1.807, 2.05) is 80.7 Å². The summed E-state index contributed by atoms with van der Waals surface area (Å²) in [5, 5.41) is 7.70. The molecule has 5 nitrogen and oxygen atoms in total. The van der Waals surface area contributed by atoms with Crippen LogP contribution in [0.5, 0.6) is 0 Å². The van der Waals surface area contributed by atoms with Crippen molar-refractivity contribution in [1.82, 2.24) is 5.32 Å². The number of aryl methyl sites for hydroxylation is 2. The molecule has 3 aromatic carbocycles. The first-order valence-corrected chi connectivity index (χ1v) is 10.5. The number of para-hydroxylation sites is 1. The minimum absolute atomic E-state index is 0.00778. The van der Waals surface area contributed by atoms with Gasteiger partial charge in [-0.1, -0.05) is 78.9 Å². The van der Waals surface area contributed by atoms with Crippen LogP contribution in [0.3, 0.4) is 0 Å². The maximum Gasteiger partial charge on any atom is 0.278 e. The molecule has 0 bridgehead atoms. The van der Waals surface area contributed by atoms with Crippen molar-refractivity contribution < 1.29 is 14.9 Å². The molecule has 0 aliphatic carbocycles. The Bertz CT molecular complexity index is 960. The third-order valence-electron chi connectivity index (χ3n) is 5.38. The van der Waals surface area contributed by atoms with Gasteiger partial charge in [0.2, 0.25) is 5.91 Å². The van der Waals surface area contributed by atoms with Gasteiger partial charge in [-0.2, -0.15) is 0 Å². The van der Waals surface area contributed by atoms with Crippen molar-refractivity contribution in [3.8, 4) is 0 Å². The first-order chi connectivity index (χ1) is 15.0. The summed E-state index contributed by atoms with van der Waals surface area (Å²) in [6.07, 6.45) is 0. The van der Waals surface area contributed by atoms with Crippen molar-refractivity contribution in [2.24, 2.45) is 0 Å². The summed E-state index contributed by atoms with van der Waals surface area (Å²) in [6, 6.07) is 25.7. The molecule has 160 valence electrons. The Balaban J connectivity index is 1.61. The first-order valence-electron chi connectivity index (χ1n) is 10.5. The van der Waals surface area contributed by atoms with E-state index < -0.39 is 0 Å². The zero-order chi connectivity index (χ0) is 22.2. The van der Waals surface area contributed by atoms with Crippen LogP contribution in [0.2, 0.25) is 0 Å². The molecule has 0 aliphatic rings. The highest BCUT2D eigenvalue weighted by Gasteiger charge is 2.25. The average Bonchev–Trinajstić information content (AvgIpc) is 2.79. The van der Waals surface area contributed by atoms with Gasteiger partial charge in [0.05, 0.1) is 6.54 Å². The number of anilines is 1. The lowest BCUT2D eigenvalue weighted by Gasteiger charge is -2.20. The molecule has 0 saturated carbocycles. The van der Waals surface area contributed by atoms with E-state index >= 15 is 0 Å². The highest BCUT2D eigenvalue weighted by Crippen LogP contribution is 2.19. The fraction of sp³-hybridized carbons (Fsp3) is 0.231. The van der Waals surface area contributed by atoms with Crippen molar-refractivity contribution in [2.45, 2.75) is 32.9 Å². The molecule has 3 aromatic rings. The molecule has 0 aliphatic heterocycles. The summed E-state index contributed by atoms with van der Waals surface area (Å²) < 4.78 is 0. The third kappa shape index (κ3) is 6.03. The predicted octanol–water partition coefficient (Wildman–Crippen LogP) is 3.10. The smallest absolute Gasteiger partial charge is 0.278 e. The monoisotopic (exact) mass is 416 g/mol. The number of benzene rings is 3. The van der Waals surface area contributed by atoms with Gasteiger partial charge in [-0.25, -0.2) is 0 Å². The van der Waals surface area contributed by atoms with Gasteiger partial charge in [0.15, 0.2) is 6.04 Å². The van der Waals surface area contributed by atoms with Crippen molar-refractivity contribution >= 4 is 17.5 Å². The van der Waals surface area contributed by atoms with Crippen LogP contribution in [0.4, 0.5) is 5.69 Å². The normalized spacial score (nSPS) is 11.7. The molecular weight excluding hydrogens is 386 g/mol. The van der Waals surface area contributed by atoms with E-state index in [9.17, 15) is 9.59 Å². The fourth-order valence-corrected chi connectivity index (χ4v) is 3.64. The Labute approximate surface area is 183 Å². The molecule has 2 amide bonds. The van der Waals surface area contributed by atoms with Gasteiger partial charge in [0, 0.05) is 16.8 Å². The van der Waals surface area contributed by atoms with Crippen LogP contribution in [0.15, 0.2) is 78.9 Å². The van der Waals surface area contributed by atoms with E-state index in [0.29, 0.717) is 0 Å². The summed E-state index contributed by atoms with van der Waals surface area (Å²) in [7, 11) is 0. The Hall–Kier alpha value is -3.44. The van der Waals surface area contributed by atoms with Crippen molar-refractivity contribution in [2.75, 3.05) is 11.9 Å². The molecule has 0 fully saturated rings. The van der Waals surface area contributed by atoms with Gasteiger partial charge in [-0.05, 0) is 31.9 Å². The summed E-state index contributed by atoms with van der Waals surface area (Å²) in [6.45, 7) is 5.70. The van der Waals surface area contributed by atoms with E-state index in [4.69, 9.17) is 0 Å². The molecule has 0 unspecified atom stereocenters. The van der Waals surface area contributed by atoms with Gasteiger partial charge in [0.1, 0.15) is 6.04 Å². The fourth-order valence-electron chi connectivity index (χ4n) is 3.64. The third-order valence-corrected chi connectivity index (χ3v) is 5.38. The van der Waals surface area contributed by atoms with Crippen molar-refractivity contribution in [3.63, 3.8) is 0 Å². The number of carbonyl (C=O) groups is 2. The second kappa shape index (κ2) is 10.5. The van der Waals surface area contributed by atoms with Gasteiger partial charge >= 0.3 is 0 Å². The number of nitrogens with one attached hydrogen (secondary N) is 2. The first kappa shape index (κ1) is 22.2. The van der Waals surface area contributed by atoms with Crippen LogP contribution in [-0.4, -0.2) is 24.4 Å². The predicted molar refractivity (Wildman–Crippen MR) is 124 cm³/mol. The second-order valence-electron chi connectivity index (χ2n) is 7.81. The number of hydrogen-bond donors (Lipinski definition) is 3. The van der Waals surface area contributed by atoms with Crippen LogP contribution in [0, 0.1) is 13.8 Å². The van der Waals surface area contributed by atoms with Gasteiger partial charge in [-0.3, -0.25) is 9.59 Å². The van der Waals surface area contributed by atoms with Crippen LogP contribution in [-0.2, 0) is 9.59 Å². The van der Waals surface area contributed by atoms with E-state index in [2.05, 4.69) is 34.9 Å². The Morgan fingerprint density at radius 2 is 1.32 bits per heavy atom. The average molecular weight is 417 g/mol. The van der Waals surface area contributed by atoms with E-state index in [-0.39, 0.29) is 30.4 Å². The summed E-state index contributed by atoms with van der Waals surface area (Å²) in [5.74, 6) is -0.408. The summed E-state index contributed by atoms with van der Waals surface area (Å²) >= 11 is 0. The molecule has 0 spiro atoms. The molecule has 0 saturated heterocycles. The zero-order valence-electron chi connectivity index (χ0n) is 18.3. The highest BCUT2D eigenvalue weighted by atomic mass is 16.2. The topological polar surface area (TPSA) is 74.8 Å². The molecule has 0 aromatic heterocycles. The Kier molecular flexibility index (Phi) is 7.57. The number of rotatable bonds is 8. The van der Waals surface area contributed by atoms with E-state index in [1.165, 1.54) is 0 Å². The van der Waals surface area contributed by atoms with E-state index in [1.54, 1.807) is 0 Å². The minimum Gasteiger partial charge on any atom is -0.342 e. The number of carbonyl (C=O) groups excluding carboxylic acids is 2. The van der Waals surface area contributed by atoms with Crippen molar-refractivity contribution in [1.29, 1.82) is 0 Å². The largest absolute Gasteiger partial charge is 0.342 e. The standard InChI is InChI=1S/C26H29N3O2/c1-18-11-10-12-19(2)24(18)29-23(30)17-27-26(31)20(3)28-25(21-13-6-4-7-14-21)22-15-8-5-9-16-22/h4-16,20,25,28H,17H2,1-3H3,(H,27,31)(H,29,30)/p+1/t20-/m1/s1. The quantitative estimate of drug-likeness (QED) is 0.528.